The van der Waals surface area contributed by atoms with Crippen LogP contribution in [-0.2, 0) is 39.1 Å². The van der Waals surface area contributed by atoms with Gasteiger partial charge in [0.2, 0.25) is 20.0 Å². The molecule has 0 aliphatic rings. The molecule has 0 unspecified atom stereocenters. The van der Waals surface area contributed by atoms with Gasteiger partial charge in [-0.1, -0.05) is 60.7 Å². The molecule has 2 aromatic rings. The molecule has 12 heteroatoms. The van der Waals surface area contributed by atoms with Gasteiger partial charge in [-0.25, -0.2) is 35.9 Å². The van der Waals surface area contributed by atoms with Gasteiger partial charge in [0.25, 0.3) is 0 Å². The summed E-state index contributed by atoms with van der Waals surface area (Å²) in [4.78, 5) is 24.6. The SMILES string of the molecule is CC(C)(C)S(=O)(=O)N[C@@H](COC(=O)/C=C/C(=O)OC[C@H](NS(=O)(=O)C(C)(C)C)c1ccccc1)c1ccccc1. The van der Waals surface area contributed by atoms with Crippen LogP contribution in [0.5, 0.6) is 0 Å². The highest BCUT2D eigenvalue weighted by Gasteiger charge is 2.33. The Bertz CT molecular complexity index is 1270. The fourth-order valence-electron chi connectivity index (χ4n) is 3.06. The molecule has 220 valence electrons. The van der Waals surface area contributed by atoms with Gasteiger partial charge < -0.3 is 9.47 Å². The van der Waals surface area contributed by atoms with Crippen molar-refractivity contribution in [3.63, 3.8) is 0 Å². The Balaban J connectivity index is 2.04. The van der Waals surface area contributed by atoms with E-state index in [1.165, 1.54) is 0 Å². The van der Waals surface area contributed by atoms with Crippen LogP contribution in [0, 0.1) is 0 Å². The summed E-state index contributed by atoms with van der Waals surface area (Å²) < 4.78 is 64.2. The smallest absolute Gasteiger partial charge is 0.331 e. The van der Waals surface area contributed by atoms with Crippen molar-refractivity contribution in [1.29, 1.82) is 0 Å². The van der Waals surface area contributed by atoms with E-state index in [1.54, 1.807) is 102 Å². The largest absolute Gasteiger partial charge is 0.460 e. The summed E-state index contributed by atoms with van der Waals surface area (Å²) in [6, 6.07) is 15.6. The van der Waals surface area contributed by atoms with E-state index in [4.69, 9.17) is 9.47 Å². The summed E-state index contributed by atoms with van der Waals surface area (Å²) in [6.07, 6.45) is 1.72. The Morgan fingerprint density at radius 3 is 1.23 bits per heavy atom. The van der Waals surface area contributed by atoms with Crippen LogP contribution in [0.4, 0.5) is 0 Å². The normalized spacial score (nSPS) is 14.4. The molecule has 0 aliphatic carbocycles. The summed E-state index contributed by atoms with van der Waals surface area (Å²) in [5.74, 6) is -1.78. The van der Waals surface area contributed by atoms with Crippen molar-refractivity contribution in [3.8, 4) is 0 Å². The maximum atomic E-state index is 12.7. The number of hydrogen-bond donors (Lipinski definition) is 2. The van der Waals surface area contributed by atoms with Crippen molar-refractivity contribution in [2.75, 3.05) is 13.2 Å². The number of rotatable bonds is 12. The van der Waals surface area contributed by atoms with Gasteiger partial charge in [-0.2, -0.15) is 0 Å². The van der Waals surface area contributed by atoms with Crippen LogP contribution in [0.1, 0.15) is 64.8 Å². The number of benzene rings is 2. The molecule has 0 amide bonds. The van der Waals surface area contributed by atoms with Gasteiger partial charge in [0, 0.05) is 12.2 Å². The van der Waals surface area contributed by atoms with Gasteiger partial charge in [-0.15, -0.1) is 0 Å². The Morgan fingerprint density at radius 1 is 0.650 bits per heavy atom. The molecule has 40 heavy (non-hydrogen) atoms. The molecule has 0 fully saturated rings. The van der Waals surface area contributed by atoms with E-state index in [1.807, 2.05) is 0 Å². The zero-order valence-corrected chi connectivity index (χ0v) is 25.2. The van der Waals surface area contributed by atoms with Crippen molar-refractivity contribution in [2.24, 2.45) is 0 Å². The van der Waals surface area contributed by atoms with Gasteiger partial charge in [-0.3, -0.25) is 0 Å². The second-order valence-electron chi connectivity index (χ2n) is 11.0. The summed E-state index contributed by atoms with van der Waals surface area (Å²) >= 11 is 0. The molecule has 2 aromatic carbocycles. The Hall–Kier alpha value is -3.06. The first-order valence-corrected chi connectivity index (χ1v) is 15.5. The summed E-state index contributed by atoms with van der Waals surface area (Å²) in [5, 5.41) is 0. The standard InChI is InChI=1S/C28H38N2O8S2/c1-27(2,3)39(33,34)29-23(21-13-9-7-10-14-21)19-37-25(31)17-18-26(32)38-20-24(22-15-11-8-12-16-22)30-40(35,36)28(4,5)6/h7-18,23-24,29-30H,19-20H2,1-6H3/b18-17+/t23-,24-/m0/s1. The molecular weight excluding hydrogens is 556 g/mol. The van der Waals surface area contributed by atoms with Gasteiger partial charge in [0.15, 0.2) is 0 Å². The molecule has 0 aromatic heterocycles. The highest BCUT2D eigenvalue weighted by Crippen LogP contribution is 2.22. The molecule has 0 radical (unpaired) electrons. The van der Waals surface area contributed by atoms with Crippen LogP contribution in [-0.4, -0.2) is 51.5 Å². The van der Waals surface area contributed by atoms with Gasteiger partial charge in [-0.05, 0) is 52.7 Å². The molecular formula is C28H38N2O8S2. The lowest BCUT2D eigenvalue weighted by Crippen LogP contribution is -2.42. The highest BCUT2D eigenvalue weighted by atomic mass is 32.2. The molecule has 0 saturated carbocycles. The van der Waals surface area contributed by atoms with Crippen LogP contribution in [0.25, 0.3) is 0 Å². The first kappa shape index (κ1) is 33.1. The summed E-state index contributed by atoms with van der Waals surface area (Å²) in [6.45, 7) is 8.66. The second-order valence-corrected chi connectivity index (χ2v) is 15.9. The molecule has 2 atom stereocenters. The van der Waals surface area contributed by atoms with Crippen LogP contribution in [0.3, 0.4) is 0 Å². The maximum Gasteiger partial charge on any atom is 0.331 e. The lowest BCUT2D eigenvalue weighted by molar-refractivity contribution is -0.141. The van der Waals surface area contributed by atoms with Crippen molar-refractivity contribution >= 4 is 32.0 Å². The minimum Gasteiger partial charge on any atom is -0.460 e. The zero-order chi connectivity index (χ0) is 30.2. The Morgan fingerprint density at radius 2 is 0.950 bits per heavy atom. The summed E-state index contributed by atoms with van der Waals surface area (Å²) in [7, 11) is -7.52. The Labute approximate surface area is 237 Å². The number of ether oxygens (including phenoxy) is 2. The van der Waals surface area contributed by atoms with Crippen molar-refractivity contribution in [3.05, 3.63) is 83.9 Å². The molecule has 0 spiro atoms. The van der Waals surface area contributed by atoms with E-state index in [0.29, 0.717) is 11.1 Å². The second kappa shape index (κ2) is 13.5. The number of sulfonamides is 2. The topological polar surface area (TPSA) is 145 Å². The van der Waals surface area contributed by atoms with Gasteiger partial charge >= 0.3 is 11.9 Å². The van der Waals surface area contributed by atoms with Crippen LogP contribution in [0.15, 0.2) is 72.8 Å². The molecule has 0 aliphatic heterocycles. The van der Waals surface area contributed by atoms with E-state index in [2.05, 4.69) is 9.44 Å². The predicted molar refractivity (Wildman–Crippen MR) is 153 cm³/mol. The number of hydrogen-bond acceptors (Lipinski definition) is 8. The molecule has 0 bridgehead atoms. The lowest BCUT2D eigenvalue weighted by atomic mass is 10.1. The van der Waals surface area contributed by atoms with Crippen LogP contribution >= 0.6 is 0 Å². The first-order chi connectivity index (χ1) is 18.4. The average Bonchev–Trinajstić information content (AvgIpc) is 2.87. The zero-order valence-electron chi connectivity index (χ0n) is 23.6. The molecule has 0 heterocycles. The number of esters is 2. The number of carbonyl (C=O) groups is 2. The van der Waals surface area contributed by atoms with Crippen molar-refractivity contribution in [2.45, 2.75) is 63.1 Å². The van der Waals surface area contributed by atoms with Crippen LogP contribution in [0.2, 0.25) is 0 Å². The third-order valence-corrected chi connectivity index (χ3v) is 10.2. The minimum absolute atomic E-state index is 0.317. The Kier molecular flexibility index (Phi) is 11.2. The quantitative estimate of drug-likeness (QED) is 0.280. The van der Waals surface area contributed by atoms with E-state index in [-0.39, 0.29) is 13.2 Å². The third kappa shape index (κ3) is 9.84. The van der Waals surface area contributed by atoms with E-state index < -0.39 is 53.6 Å². The molecule has 2 N–H and O–H groups in total. The summed E-state index contributed by atoms with van der Waals surface area (Å²) in [5.41, 5.74) is 1.19. The van der Waals surface area contributed by atoms with Crippen LogP contribution < -0.4 is 9.44 Å². The maximum absolute atomic E-state index is 12.7. The fraction of sp³-hybridized carbons (Fsp3) is 0.429. The third-order valence-electron chi connectivity index (χ3n) is 5.75. The highest BCUT2D eigenvalue weighted by molar-refractivity contribution is 7.91. The van der Waals surface area contributed by atoms with E-state index in [0.717, 1.165) is 12.2 Å². The number of carbonyl (C=O) groups excluding carboxylic acids is 2. The first-order valence-electron chi connectivity index (χ1n) is 12.6. The van der Waals surface area contributed by atoms with Crippen molar-refractivity contribution in [1.82, 2.24) is 9.44 Å². The molecule has 2 rings (SSSR count). The fourth-order valence-corrected chi connectivity index (χ4v) is 4.92. The van der Waals surface area contributed by atoms with E-state index in [9.17, 15) is 26.4 Å². The van der Waals surface area contributed by atoms with E-state index >= 15 is 0 Å². The minimum atomic E-state index is -3.76. The lowest BCUT2D eigenvalue weighted by Gasteiger charge is -2.25. The average molecular weight is 595 g/mol. The van der Waals surface area contributed by atoms with Gasteiger partial charge in [0.05, 0.1) is 21.6 Å². The number of nitrogens with one attached hydrogen (secondary N) is 2. The monoisotopic (exact) mass is 594 g/mol. The molecule has 0 saturated heterocycles. The predicted octanol–water partition coefficient (Wildman–Crippen LogP) is 3.55. The molecule has 10 nitrogen and oxygen atoms in total. The van der Waals surface area contributed by atoms with Gasteiger partial charge in [0.1, 0.15) is 13.2 Å². The van der Waals surface area contributed by atoms with Crippen molar-refractivity contribution < 1.29 is 35.9 Å².